The summed E-state index contributed by atoms with van der Waals surface area (Å²) in [5.41, 5.74) is 3.07. The summed E-state index contributed by atoms with van der Waals surface area (Å²) < 4.78 is 34.2. The van der Waals surface area contributed by atoms with Crippen LogP contribution in [0.1, 0.15) is 36.3 Å². The number of benzene rings is 1. The number of methoxy groups -OCH3 is 1. The van der Waals surface area contributed by atoms with Gasteiger partial charge in [-0.25, -0.2) is 9.07 Å². The molecule has 37 heavy (non-hydrogen) atoms. The summed E-state index contributed by atoms with van der Waals surface area (Å²) in [6.07, 6.45) is 4.00. The maximum absolute atomic E-state index is 15.6. The Bertz CT molecular complexity index is 1310. The van der Waals surface area contributed by atoms with Crippen LogP contribution in [0.25, 0.3) is 16.7 Å². The van der Waals surface area contributed by atoms with Crippen LogP contribution in [-0.2, 0) is 9.47 Å². The second kappa shape index (κ2) is 9.18. The van der Waals surface area contributed by atoms with Crippen LogP contribution >= 0.6 is 0 Å². The van der Waals surface area contributed by atoms with Crippen LogP contribution in [0.3, 0.4) is 0 Å². The topological polar surface area (TPSA) is 77.8 Å². The van der Waals surface area contributed by atoms with Crippen LogP contribution in [0.5, 0.6) is 6.01 Å². The standard InChI is InChI=1S/C27H33FN6O3/c1-16-7-17-11-29-34(26-10-25(30-27(31-26)35-2)33-12-20-8-19(33)15-37-20)24(17)9-22(16)21-3-5-32(13-23(21)28)18-4-6-36-14-18/h7,9-11,18-21,23H,3-6,8,12-15H2,1-2H3/t18?,19-,20-,21-,23-/m1/s1. The fourth-order valence-electron chi connectivity index (χ4n) is 6.63. The highest BCUT2D eigenvalue weighted by molar-refractivity contribution is 5.82. The lowest BCUT2D eigenvalue weighted by Crippen LogP contribution is -2.46. The summed E-state index contributed by atoms with van der Waals surface area (Å²) in [6, 6.07) is 7.18. The van der Waals surface area contributed by atoms with E-state index in [0.29, 0.717) is 30.5 Å². The third-order valence-electron chi connectivity index (χ3n) is 8.62. The molecular formula is C27H33FN6O3. The molecule has 7 rings (SSSR count). The molecule has 4 aliphatic rings. The number of aromatic nitrogens is 4. The van der Waals surface area contributed by atoms with Crippen molar-refractivity contribution in [2.24, 2.45) is 0 Å². The molecule has 0 aliphatic carbocycles. The number of hydrogen-bond donors (Lipinski definition) is 0. The Morgan fingerprint density at radius 1 is 1.05 bits per heavy atom. The van der Waals surface area contributed by atoms with Crippen molar-refractivity contribution in [2.45, 2.75) is 56.5 Å². The van der Waals surface area contributed by atoms with Crippen molar-refractivity contribution in [3.8, 4) is 11.8 Å². The fourth-order valence-corrected chi connectivity index (χ4v) is 6.63. The molecule has 2 aromatic heterocycles. The minimum Gasteiger partial charge on any atom is -0.467 e. The number of likely N-dealkylation sites (tertiary alicyclic amines) is 1. The van der Waals surface area contributed by atoms with Crippen molar-refractivity contribution in [2.75, 3.05) is 51.5 Å². The van der Waals surface area contributed by atoms with Crippen LogP contribution in [0.15, 0.2) is 24.4 Å². The van der Waals surface area contributed by atoms with E-state index in [2.05, 4.69) is 43.9 Å². The highest BCUT2D eigenvalue weighted by Crippen LogP contribution is 2.37. The molecule has 0 radical (unpaired) electrons. The molecule has 4 fully saturated rings. The van der Waals surface area contributed by atoms with Crippen LogP contribution in [0, 0.1) is 6.92 Å². The van der Waals surface area contributed by atoms with Crippen LogP contribution in [0.4, 0.5) is 10.2 Å². The Labute approximate surface area is 215 Å². The molecule has 196 valence electrons. The van der Waals surface area contributed by atoms with Gasteiger partial charge in [-0.2, -0.15) is 15.1 Å². The van der Waals surface area contributed by atoms with Gasteiger partial charge in [0.2, 0.25) is 0 Å². The van der Waals surface area contributed by atoms with E-state index in [0.717, 1.165) is 80.0 Å². The van der Waals surface area contributed by atoms with E-state index in [4.69, 9.17) is 14.2 Å². The number of piperidine rings is 1. The molecule has 1 unspecified atom stereocenters. The lowest BCUT2D eigenvalue weighted by Gasteiger charge is -2.38. The zero-order valence-corrected chi connectivity index (χ0v) is 21.3. The number of morpholine rings is 1. The maximum Gasteiger partial charge on any atom is 0.320 e. The zero-order valence-electron chi connectivity index (χ0n) is 21.3. The Balaban J connectivity index is 1.22. The highest BCUT2D eigenvalue weighted by atomic mass is 19.1. The Hall–Kier alpha value is -2.82. The van der Waals surface area contributed by atoms with Gasteiger partial charge < -0.3 is 19.1 Å². The molecule has 2 bridgehead atoms. The molecule has 0 saturated carbocycles. The summed E-state index contributed by atoms with van der Waals surface area (Å²) in [6.45, 7) is 6.47. The van der Waals surface area contributed by atoms with Crippen molar-refractivity contribution in [1.29, 1.82) is 0 Å². The molecule has 4 saturated heterocycles. The summed E-state index contributed by atoms with van der Waals surface area (Å²) >= 11 is 0. The molecule has 0 spiro atoms. The monoisotopic (exact) mass is 508 g/mol. The number of anilines is 1. The third kappa shape index (κ3) is 4.06. The number of rotatable bonds is 5. The predicted molar refractivity (Wildman–Crippen MR) is 136 cm³/mol. The number of nitrogens with zero attached hydrogens (tertiary/aromatic N) is 6. The number of hydrogen-bond acceptors (Lipinski definition) is 8. The molecule has 5 atom stereocenters. The molecule has 0 amide bonds. The van der Waals surface area contributed by atoms with E-state index in [1.807, 2.05) is 16.9 Å². The first-order chi connectivity index (χ1) is 18.1. The first-order valence-electron chi connectivity index (χ1n) is 13.3. The van der Waals surface area contributed by atoms with E-state index in [1.165, 1.54) is 0 Å². The molecule has 9 nitrogen and oxygen atoms in total. The minimum atomic E-state index is -0.916. The molecule has 10 heteroatoms. The number of halogens is 1. The van der Waals surface area contributed by atoms with Gasteiger partial charge in [-0.1, -0.05) is 0 Å². The highest BCUT2D eigenvalue weighted by Gasteiger charge is 2.40. The number of fused-ring (bicyclic) bond motifs is 3. The third-order valence-corrected chi connectivity index (χ3v) is 8.62. The number of alkyl halides is 1. The van der Waals surface area contributed by atoms with Crippen LogP contribution in [0.2, 0.25) is 0 Å². The van der Waals surface area contributed by atoms with Crippen molar-refractivity contribution < 1.29 is 18.6 Å². The molecule has 0 N–H and O–H groups in total. The average molecular weight is 509 g/mol. The van der Waals surface area contributed by atoms with Gasteiger partial charge in [-0.3, -0.25) is 4.90 Å². The van der Waals surface area contributed by atoms with Gasteiger partial charge in [-0.15, -0.1) is 0 Å². The predicted octanol–water partition coefficient (Wildman–Crippen LogP) is 3.03. The van der Waals surface area contributed by atoms with Crippen LogP contribution in [-0.4, -0.2) is 95.6 Å². The van der Waals surface area contributed by atoms with E-state index in [1.54, 1.807) is 7.11 Å². The summed E-state index contributed by atoms with van der Waals surface area (Å²) in [5.74, 6) is 1.32. The van der Waals surface area contributed by atoms with E-state index in [9.17, 15) is 0 Å². The van der Waals surface area contributed by atoms with Gasteiger partial charge in [0, 0.05) is 43.1 Å². The first-order valence-corrected chi connectivity index (χ1v) is 13.3. The van der Waals surface area contributed by atoms with Crippen molar-refractivity contribution in [1.82, 2.24) is 24.6 Å². The second-order valence-corrected chi connectivity index (χ2v) is 10.8. The SMILES string of the molecule is COc1nc(N2C[C@H]3C[C@@H]2CO3)cc(-n2ncc3cc(C)c([C@H]4CCN(C5CCOC5)C[C@H]4F)cc32)n1. The van der Waals surface area contributed by atoms with E-state index >= 15 is 4.39 Å². The maximum atomic E-state index is 15.6. The molecule has 4 aliphatic heterocycles. The summed E-state index contributed by atoms with van der Waals surface area (Å²) in [7, 11) is 1.58. The van der Waals surface area contributed by atoms with Crippen molar-refractivity contribution in [3.63, 3.8) is 0 Å². The number of ether oxygens (including phenoxy) is 3. The molecule has 3 aromatic rings. The Morgan fingerprint density at radius 2 is 1.95 bits per heavy atom. The summed E-state index contributed by atoms with van der Waals surface area (Å²) in [5, 5.41) is 5.68. The van der Waals surface area contributed by atoms with Gasteiger partial charge in [0.15, 0.2) is 5.82 Å². The van der Waals surface area contributed by atoms with Gasteiger partial charge in [0.05, 0.1) is 44.2 Å². The lowest BCUT2D eigenvalue weighted by molar-refractivity contribution is 0.0728. The quantitative estimate of drug-likeness (QED) is 0.521. The molecule has 6 heterocycles. The molecular weight excluding hydrogens is 475 g/mol. The Morgan fingerprint density at radius 3 is 2.68 bits per heavy atom. The Kier molecular flexibility index (Phi) is 5.78. The molecule has 1 aromatic carbocycles. The van der Waals surface area contributed by atoms with Crippen LogP contribution < -0.4 is 9.64 Å². The van der Waals surface area contributed by atoms with Gasteiger partial charge >= 0.3 is 6.01 Å². The largest absolute Gasteiger partial charge is 0.467 e. The van der Waals surface area contributed by atoms with Crippen molar-refractivity contribution in [3.05, 3.63) is 35.5 Å². The second-order valence-electron chi connectivity index (χ2n) is 10.8. The van der Waals surface area contributed by atoms with Gasteiger partial charge in [0.1, 0.15) is 12.0 Å². The van der Waals surface area contributed by atoms with Gasteiger partial charge in [0.25, 0.3) is 0 Å². The zero-order chi connectivity index (χ0) is 25.1. The van der Waals surface area contributed by atoms with E-state index < -0.39 is 6.17 Å². The van der Waals surface area contributed by atoms with E-state index in [-0.39, 0.29) is 12.0 Å². The minimum absolute atomic E-state index is 0.137. The normalized spacial score (nSPS) is 30.0. The number of aryl methyl sites for hydroxylation is 1. The smallest absolute Gasteiger partial charge is 0.320 e. The fraction of sp³-hybridized carbons (Fsp3) is 0.593. The van der Waals surface area contributed by atoms with Gasteiger partial charge in [-0.05, 0) is 56.0 Å². The lowest BCUT2D eigenvalue weighted by atomic mass is 9.84. The average Bonchev–Trinajstić information content (AvgIpc) is 3.73. The summed E-state index contributed by atoms with van der Waals surface area (Å²) in [4.78, 5) is 13.8. The van der Waals surface area contributed by atoms with Crippen molar-refractivity contribution >= 4 is 16.7 Å². The first kappa shape index (κ1) is 23.3.